The van der Waals surface area contributed by atoms with Crippen LogP contribution in [-0.4, -0.2) is 43.2 Å². The Balaban J connectivity index is 1.34. The molecule has 2 aromatic carbocycles. The molecule has 1 aromatic heterocycles. The summed E-state index contributed by atoms with van der Waals surface area (Å²) in [6.07, 6.45) is 6.57. The Morgan fingerprint density at radius 1 is 1.00 bits per heavy atom. The van der Waals surface area contributed by atoms with E-state index in [-0.39, 0.29) is 5.91 Å². The number of benzene rings is 2. The lowest BCUT2D eigenvalue weighted by Gasteiger charge is -2.30. The third-order valence-electron chi connectivity index (χ3n) is 6.46. The van der Waals surface area contributed by atoms with E-state index in [0.29, 0.717) is 37.4 Å². The molecule has 1 amide bonds. The summed E-state index contributed by atoms with van der Waals surface area (Å²) in [6.45, 7) is 1.87. The highest BCUT2D eigenvalue weighted by atomic mass is 32.2. The zero-order valence-electron chi connectivity index (χ0n) is 17.5. The second kappa shape index (κ2) is 8.13. The Morgan fingerprint density at radius 3 is 2.65 bits per heavy atom. The lowest BCUT2D eigenvalue weighted by molar-refractivity contribution is -0.118. The van der Waals surface area contributed by atoms with Gasteiger partial charge in [-0.2, -0.15) is 4.31 Å². The molecule has 6 nitrogen and oxygen atoms in total. The molecule has 7 heteroatoms. The summed E-state index contributed by atoms with van der Waals surface area (Å²) in [5.41, 5.74) is 4.04. The van der Waals surface area contributed by atoms with Crippen LogP contribution >= 0.6 is 0 Å². The predicted octanol–water partition coefficient (Wildman–Crippen LogP) is 3.86. The van der Waals surface area contributed by atoms with E-state index in [2.05, 4.69) is 11.1 Å². The minimum atomic E-state index is -3.44. The van der Waals surface area contributed by atoms with Crippen LogP contribution in [0.25, 0.3) is 10.9 Å². The van der Waals surface area contributed by atoms with Crippen molar-refractivity contribution >= 4 is 32.5 Å². The first-order valence-electron chi connectivity index (χ1n) is 11.0. The molecule has 0 aliphatic carbocycles. The first-order valence-corrected chi connectivity index (χ1v) is 12.5. The normalized spacial score (nSPS) is 17.2. The molecule has 3 aromatic rings. The van der Waals surface area contributed by atoms with Crippen molar-refractivity contribution in [1.82, 2.24) is 9.29 Å². The van der Waals surface area contributed by atoms with Gasteiger partial charge in [0.25, 0.3) is 0 Å². The number of anilines is 1. The number of para-hydroxylation sites is 1. The summed E-state index contributed by atoms with van der Waals surface area (Å²) < 4.78 is 27.4. The van der Waals surface area contributed by atoms with Crippen LogP contribution in [-0.2, 0) is 27.7 Å². The van der Waals surface area contributed by atoms with Gasteiger partial charge in [-0.1, -0.05) is 18.2 Å². The third kappa shape index (κ3) is 3.77. The van der Waals surface area contributed by atoms with Crippen molar-refractivity contribution in [3.8, 4) is 0 Å². The topological polar surface area (TPSA) is 73.5 Å². The van der Waals surface area contributed by atoms with Gasteiger partial charge in [-0.25, -0.2) is 8.42 Å². The smallest absolute Gasteiger partial charge is 0.243 e. The number of amides is 1. The Morgan fingerprint density at radius 2 is 1.81 bits per heavy atom. The van der Waals surface area contributed by atoms with E-state index in [9.17, 15) is 13.2 Å². The lowest BCUT2D eigenvalue weighted by atomic mass is 10.0. The Labute approximate surface area is 182 Å². The molecule has 0 saturated carbocycles. The summed E-state index contributed by atoms with van der Waals surface area (Å²) >= 11 is 0. The van der Waals surface area contributed by atoms with Crippen LogP contribution in [0.2, 0.25) is 0 Å². The number of H-pyrrole nitrogens is 1. The summed E-state index contributed by atoms with van der Waals surface area (Å²) in [5, 5.41) is 1.16. The van der Waals surface area contributed by atoms with Gasteiger partial charge in [0.15, 0.2) is 0 Å². The summed E-state index contributed by atoms with van der Waals surface area (Å²) in [6, 6.07) is 13.4. The average molecular weight is 438 g/mol. The maximum atomic E-state index is 13.1. The van der Waals surface area contributed by atoms with Crippen LogP contribution in [0.5, 0.6) is 0 Å². The van der Waals surface area contributed by atoms with E-state index in [4.69, 9.17) is 0 Å². The van der Waals surface area contributed by atoms with Crippen molar-refractivity contribution in [2.75, 3.05) is 24.5 Å². The van der Waals surface area contributed by atoms with E-state index in [1.807, 2.05) is 35.4 Å². The molecule has 1 fully saturated rings. The number of fused-ring (bicyclic) bond motifs is 2. The quantitative estimate of drug-likeness (QED) is 0.659. The monoisotopic (exact) mass is 437 g/mol. The molecule has 162 valence electrons. The zero-order valence-corrected chi connectivity index (χ0v) is 18.3. The van der Waals surface area contributed by atoms with E-state index in [1.165, 1.54) is 0 Å². The SMILES string of the molecule is O=C(CCc1c[nH]c2ccccc12)N1CCCc2cc(S(=O)(=O)N3CCCC3)ccc21. The fourth-order valence-electron chi connectivity index (χ4n) is 4.79. The van der Waals surface area contributed by atoms with Gasteiger partial charge in [-0.3, -0.25) is 4.79 Å². The zero-order chi connectivity index (χ0) is 21.4. The minimum absolute atomic E-state index is 0.0846. The van der Waals surface area contributed by atoms with Crippen LogP contribution in [0.4, 0.5) is 5.69 Å². The van der Waals surface area contributed by atoms with Crippen LogP contribution < -0.4 is 4.90 Å². The van der Waals surface area contributed by atoms with E-state index in [1.54, 1.807) is 16.4 Å². The van der Waals surface area contributed by atoms with Crippen molar-refractivity contribution in [3.63, 3.8) is 0 Å². The number of carbonyl (C=O) groups is 1. The number of hydrogen-bond donors (Lipinski definition) is 1. The maximum absolute atomic E-state index is 13.1. The molecule has 31 heavy (non-hydrogen) atoms. The molecule has 2 aliphatic heterocycles. The molecule has 0 bridgehead atoms. The second-order valence-corrected chi connectivity index (χ2v) is 10.3. The second-order valence-electron chi connectivity index (χ2n) is 8.41. The average Bonchev–Trinajstić information content (AvgIpc) is 3.47. The molecule has 0 radical (unpaired) electrons. The van der Waals surface area contributed by atoms with Crippen molar-refractivity contribution in [3.05, 3.63) is 59.8 Å². The molecule has 1 saturated heterocycles. The highest BCUT2D eigenvalue weighted by Gasteiger charge is 2.29. The number of aryl methyl sites for hydroxylation is 2. The van der Waals surface area contributed by atoms with Crippen LogP contribution in [0.3, 0.4) is 0 Å². The number of rotatable bonds is 5. The van der Waals surface area contributed by atoms with E-state index < -0.39 is 10.0 Å². The molecule has 0 unspecified atom stereocenters. The molecular weight excluding hydrogens is 410 g/mol. The van der Waals surface area contributed by atoms with Gasteiger partial charge in [0.1, 0.15) is 0 Å². The fourth-order valence-corrected chi connectivity index (χ4v) is 6.35. The molecular formula is C24H27N3O3S. The van der Waals surface area contributed by atoms with Crippen LogP contribution in [0.1, 0.15) is 36.8 Å². The Kier molecular flexibility index (Phi) is 5.32. The first kappa shape index (κ1) is 20.3. The number of nitrogens with one attached hydrogen (secondary N) is 1. The highest BCUT2D eigenvalue weighted by Crippen LogP contribution is 2.32. The van der Waals surface area contributed by atoms with Gasteiger partial charge in [-0.15, -0.1) is 0 Å². The van der Waals surface area contributed by atoms with Gasteiger partial charge in [0.2, 0.25) is 15.9 Å². The van der Waals surface area contributed by atoms with Gasteiger partial charge in [0, 0.05) is 48.8 Å². The van der Waals surface area contributed by atoms with Gasteiger partial charge < -0.3 is 9.88 Å². The van der Waals surface area contributed by atoms with Crippen molar-refractivity contribution in [2.24, 2.45) is 0 Å². The number of aromatic amines is 1. The highest BCUT2D eigenvalue weighted by molar-refractivity contribution is 7.89. The van der Waals surface area contributed by atoms with Gasteiger partial charge >= 0.3 is 0 Å². The number of aromatic nitrogens is 1. The number of carbonyl (C=O) groups excluding carboxylic acids is 1. The number of hydrogen-bond acceptors (Lipinski definition) is 3. The molecule has 1 N–H and O–H groups in total. The fraction of sp³-hybridized carbons (Fsp3) is 0.375. The molecule has 3 heterocycles. The minimum Gasteiger partial charge on any atom is -0.361 e. The Hall–Kier alpha value is -2.64. The largest absolute Gasteiger partial charge is 0.361 e. The van der Waals surface area contributed by atoms with Crippen LogP contribution in [0, 0.1) is 0 Å². The van der Waals surface area contributed by atoms with Gasteiger partial charge in [-0.05, 0) is 67.5 Å². The number of sulfonamides is 1. The summed E-state index contributed by atoms with van der Waals surface area (Å²) in [4.78, 5) is 18.5. The van der Waals surface area contributed by atoms with Crippen molar-refractivity contribution in [2.45, 2.75) is 43.4 Å². The number of nitrogens with zero attached hydrogens (tertiary/aromatic N) is 2. The Bertz CT molecular complexity index is 1230. The lowest BCUT2D eigenvalue weighted by Crippen LogP contribution is -2.36. The molecule has 5 rings (SSSR count). The third-order valence-corrected chi connectivity index (χ3v) is 8.35. The molecule has 2 aliphatic rings. The summed E-state index contributed by atoms with van der Waals surface area (Å²) in [7, 11) is -3.44. The molecule has 0 spiro atoms. The van der Waals surface area contributed by atoms with Crippen molar-refractivity contribution < 1.29 is 13.2 Å². The van der Waals surface area contributed by atoms with Crippen molar-refractivity contribution in [1.29, 1.82) is 0 Å². The maximum Gasteiger partial charge on any atom is 0.243 e. The summed E-state index contributed by atoms with van der Waals surface area (Å²) in [5.74, 6) is 0.0846. The predicted molar refractivity (Wildman–Crippen MR) is 122 cm³/mol. The first-order chi connectivity index (χ1) is 15.0. The standard InChI is InChI=1S/C24H27N3O3S/c28-24(12-9-19-17-25-22-8-2-1-7-21(19)22)27-15-5-6-18-16-20(10-11-23(18)27)31(29,30)26-13-3-4-14-26/h1-2,7-8,10-11,16-17,25H,3-6,9,12-15H2. The van der Waals surface area contributed by atoms with E-state index >= 15 is 0 Å². The van der Waals surface area contributed by atoms with Crippen LogP contribution in [0.15, 0.2) is 53.6 Å². The van der Waals surface area contributed by atoms with Gasteiger partial charge in [0.05, 0.1) is 4.90 Å². The van der Waals surface area contributed by atoms with E-state index in [0.717, 1.165) is 53.4 Å². The molecule has 0 atom stereocenters.